The average Bonchev–Trinajstić information content (AvgIpc) is 2.95. The molecular formula is C17H17ClN2O3S. The second-order valence-electron chi connectivity index (χ2n) is 5.77. The number of carbonyl (C=O) groups excluding carboxylic acids is 1. The van der Waals surface area contributed by atoms with Crippen LogP contribution in [0.3, 0.4) is 0 Å². The Morgan fingerprint density at radius 3 is 2.58 bits per heavy atom. The van der Waals surface area contributed by atoms with Crippen LogP contribution < -0.4 is 9.62 Å². The van der Waals surface area contributed by atoms with Gasteiger partial charge in [0.1, 0.15) is 0 Å². The highest BCUT2D eigenvalue weighted by molar-refractivity contribution is 7.88. The summed E-state index contributed by atoms with van der Waals surface area (Å²) in [6, 6.07) is 12.5. The van der Waals surface area contributed by atoms with Crippen LogP contribution in [0.1, 0.15) is 21.5 Å². The molecule has 0 aliphatic carbocycles. The molecule has 1 aliphatic rings. The lowest BCUT2D eigenvalue weighted by Gasteiger charge is -2.17. The highest BCUT2D eigenvalue weighted by atomic mass is 35.5. The molecule has 1 N–H and O–H groups in total. The maximum Gasteiger partial charge on any atom is 0.258 e. The lowest BCUT2D eigenvalue weighted by Crippen LogP contribution is -2.28. The largest absolute Gasteiger partial charge is 0.308 e. The van der Waals surface area contributed by atoms with E-state index in [4.69, 9.17) is 11.6 Å². The third-order valence-electron chi connectivity index (χ3n) is 3.91. The summed E-state index contributed by atoms with van der Waals surface area (Å²) in [6.45, 7) is 0.858. The molecule has 0 unspecified atom stereocenters. The highest BCUT2D eigenvalue weighted by Gasteiger charge is 2.25. The Morgan fingerprint density at radius 2 is 1.92 bits per heavy atom. The molecule has 5 nitrogen and oxygen atoms in total. The molecule has 3 rings (SSSR count). The van der Waals surface area contributed by atoms with Gasteiger partial charge in [-0.15, -0.1) is 0 Å². The molecule has 1 amide bonds. The minimum atomic E-state index is -3.23. The standard InChI is InChI=1S/C17H17ClN2O3S/c1-24(22,23)19-11-12-2-7-16-14(10-12)8-9-20(16)17(21)13-3-5-15(18)6-4-13/h2-7,10,19H,8-9,11H2,1H3. The van der Waals surface area contributed by atoms with Crippen molar-refractivity contribution < 1.29 is 13.2 Å². The quantitative estimate of drug-likeness (QED) is 0.906. The number of amides is 1. The van der Waals surface area contributed by atoms with Crippen LogP contribution in [0.15, 0.2) is 42.5 Å². The summed E-state index contributed by atoms with van der Waals surface area (Å²) in [5, 5.41) is 0.594. The van der Waals surface area contributed by atoms with Gasteiger partial charge in [-0.25, -0.2) is 13.1 Å². The molecular weight excluding hydrogens is 348 g/mol. The van der Waals surface area contributed by atoms with E-state index in [2.05, 4.69) is 4.72 Å². The van der Waals surface area contributed by atoms with Gasteiger partial charge in [0.15, 0.2) is 0 Å². The van der Waals surface area contributed by atoms with Crippen LogP contribution in [0, 0.1) is 0 Å². The number of carbonyl (C=O) groups is 1. The first-order valence-electron chi connectivity index (χ1n) is 7.47. The lowest BCUT2D eigenvalue weighted by molar-refractivity contribution is 0.0989. The van der Waals surface area contributed by atoms with Crippen LogP contribution in [0.4, 0.5) is 5.69 Å². The molecule has 126 valence electrons. The zero-order valence-electron chi connectivity index (χ0n) is 13.1. The predicted octanol–water partition coefficient (Wildman–Crippen LogP) is 2.59. The Morgan fingerprint density at radius 1 is 1.21 bits per heavy atom. The summed E-state index contributed by atoms with van der Waals surface area (Å²) in [5.74, 6) is -0.0626. The van der Waals surface area contributed by atoms with Crippen LogP contribution in [-0.4, -0.2) is 27.1 Å². The molecule has 0 saturated carbocycles. The minimum Gasteiger partial charge on any atom is -0.308 e. The van der Waals surface area contributed by atoms with Crippen LogP contribution in [0.5, 0.6) is 0 Å². The zero-order valence-corrected chi connectivity index (χ0v) is 14.7. The number of sulfonamides is 1. The summed E-state index contributed by atoms with van der Waals surface area (Å²) >= 11 is 5.86. The maximum atomic E-state index is 12.7. The van der Waals surface area contributed by atoms with Gasteiger partial charge in [-0.3, -0.25) is 4.79 Å². The van der Waals surface area contributed by atoms with Crippen molar-refractivity contribution in [1.29, 1.82) is 0 Å². The molecule has 2 aromatic carbocycles. The fourth-order valence-corrected chi connectivity index (χ4v) is 3.29. The Hall–Kier alpha value is -1.89. The normalized spacial score (nSPS) is 13.8. The van der Waals surface area contributed by atoms with Crippen molar-refractivity contribution in [3.8, 4) is 0 Å². The number of nitrogens with zero attached hydrogens (tertiary/aromatic N) is 1. The molecule has 1 aliphatic heterocycles. The number of hydrogen-bond donors (Lipinski definition) is 1. The molecule has 2 aromatic rings. The Balaban J connectivity index is 1.79. The molecule has 7 heteroatoms. The van der Waals surface area contributed by atoms with Crippen LogP contribution in [0.25, 0.3) is 0 Å². The fourth-order valence-electron chi connectivity index (χ4n) is 2.74. The fraction of sp³-hybridized carbons (Fsp3) is 0.235. The predicted molar refractivity (Wildman–Crippen MR) is 95.0 cm³/mol. The monoisotopic (exact) mass is 364 g/mol. The van der Waals surface area contributed by atoms with E-state index in [-0.39, 0.29) is 12.5 Å². The lowest BCUT2D eigenvalue weighted by atomic mass is 10.1. The van der Waals surface area contributed by atoms with E-state index < -0.39 is 10.0 Å². The molecule has 0 radical (unpaired) electrons. The van der Waals surface area contributed by atoms with Gasteiger partial charge in [0.05, 0.1) is 6.26 Å². The van der Waals surface area contributed by atoms with Gasteiger partial charge >= 0.3 is 0 Å². The molecule has 1 heterocycles. The van der Waals surface area contributed by atoms with Crippen molar-refractivity contribution in [3.63, 3.8) is 0 Å². The topological polar surface area (TPSA) is 66.5 Å². The van der Waals surface area contributed by atoms with Crippen molar-refractivity contribution >= 4 is 33.2 Å². The Labute approximate surface area is 146 Å². The third kappa shape index (κ3) is 3.77. The van der Waals surface area contributed by atoms with Gasteiger partial charge < -0.3 is 4.90 Å². The SMILES string of the molecule is CS(=O)(=O)NCc1ccc2c(c1)CCN2C(=O)c1ccc(Cl)cc1. The van der Waals surface area contributed by atoms with Gasteiger partial charge in [0.2, 0.25) is 10.0 Å². The second kappa shape index (κ2) is 6.55. The molecule has 0 saturated heterocycles. The first-order valence-corrected chi connectivity index (χ1v) is 9.74. The third-order valence-corrected chi connectivity index (χ3v) is 4.83. The van der Waals surface area contributed by atoms with Crippen molar-refractivity contribution in [2.45, 2.75) is 13.0 Å². The summed E-state index contributed by atoms with van der Waals surface area (Å²) < 4.78 is 24.8. The van der Waals surface area contributed by atoms with Crippen LogP contribution in [-0.2, 0) is 23.0 Å². The highest BCUT2D eigenvalue weighted by Crippen LogP contribution is 2.30. The number of anilines is 1. The number of nitrogens with one attached hydrogen (secondary N) is 1. The zero-order chi connectivity index (χ0) is 17.3. The number of benzene rings is 2. The summed E-state index contributed by atoms with van der Waals surface area (Å²) in [6.07, 6.45) is 1.88. The van der Waals surface area contributed by atoms with E-state index in [1.807, 2.05) is 18.2 Å². The van der Waals surface area contributed by atoms with E-state index in [0.29, 0.717) is 17.1 Å². The van der Waals surface area contributed by atoms with Crippen LogP contribution >= 0.6 is 11.6 Å². The Bertz CT molecular complexity index is 879. The van der Waals surface area contributed by atoms with Crippen LogP contribution in [0.2, 0.25) is 5.02 Å². The first-order chi connectivity index (χ1) is 11.3. The summed E-state index contributed by atoms with van der Waals surface area (Å²) in [7, 11) is -3.23. The minimum absolute atomic E-state index is 0.0626. The molecule has 0 atom stereocenters. The van der Waals surface area contributed by atoms with E-state index in [0.717, 1.165) is 29.5 Å². The van der Waals surface area contributed by atoms with E-state index >= 15 is 0 Å². The smallest absolute Gasteiger partial charge is 0.258 e. The second-order valence-corrected chi connectivity index (χ2v) is 8.04. The van der Waals surface area contributed by atoms with Gasteiger partial charge in [-0.2, -0.15) is 0 Å². The summed E-state index contributed by atoms with van der Waals surface area (Å²) in [4.78, 5) is 14.4. The van der Waals surface area contributed by atoms with Gasteiger partial charge in [0.25, 0.3) is 5.91 Å². The van der Waals surface area contributed by atoms with Crippen molar-refractivity contribution in [3.05, 3.63) is 64.2 Å². The van der Waals surface area contributed by atoms with E-state index in [1.165, 1.54) is 0 Å². The molecule has 0 bridgehead atoms. The number of rotatable bonds is 4. The van der Waals surface area contributed by atoms with E-state index in [9.17, 15) is 13.2 Å². The first kappa shape index (κ1) is 17.0. The number of fused-ring (bicyclic) bond motifs is 1. The molecule has 0 fully saturated rings. The van der Waals surface area contributed by atoms with Gasteiger partial charge in [0, 0.05) is 29.4 Å². The number of halogens is 1. The number of hydrogen-bond acceptors (Lipinski definition) is 3. The summed E-state index contributed by atoms with van der Waals surface area (Å²) in [5.41, 5.74) is 3.39. The molecule has 24 heavy (non-hydrogen) atoms. The van der Waals surface area contributed by atoms with E-state index in [1.54, 1.807) is 29.2 Å². The molecule has 0 aromatic heterocycles. The van der Waals surface area contributed by atoms with Gasteiger partial charge in [-0.1, -0.05) is 23.7 Å². The van der Waals surface area contributed by atoms with Crippen molar-refractivity contribution in [2.24, 2.45) is 0 Å². The van der Waals surface area contributed by atoms with Crippen molar-refractivity contribution in [1.82, 2.24) is 4.72 Å². The average molecular weight is 365 g/mol. The Kier molecular flexibility index (Phi) is 4.62. The van der Waals surface area contributed by atoms with Crippen molar-refractivity contribution in [2.75, 3.05) is 17.7 Å². The van der Waals surface area contributed by atoms with Gasteiger partial charge in [-0.05, 0) is 47.9 Å². The maximum absolute atomic E-state index is 12.7. The molecule has 0 spiro atoms.